The highest BCUT2D eigenvalue weighted by atomic mass is 32.2. The molecule has 8 heteroatoms. The molecule has 1 aromatic carbocycles. The summed E-state index contributed by atoms with van der Waals surface area (Å²) < 4.78 is 5.13. The second-order valence-corrected chi connectivity index (χ2v) is 12.4. The van der Waals surface area contributed by atoms with Crippen molar-refractivity contribution in [3.63, 3.8) is 0 Å². The molecule has 7 nitrogen and oxygen atoms in total. The first-order chi connectivity index (χ1) is 16.9. The van der Waals surface area contributed by atoms with Gasteiger partial charge in [-0.05, 0) is 87.8 Å². The predicted octanol–water partition coefficient (Wildman–Crippen LogP) is 3.82. The lowest BCUT2D eigenvalue weighted by molar-refractivity contribution is -0.121. The number of hydrogen-bond donors (Lipinski definition) is 2. The van der Waals surface area contributed by atoms with Gasteiger partial charge in [0.2, 0.25) is 5.91 Å². The zero-order chi connectivity index (χ0) is 24.4. The maximum Gasteiger partial charge on any atom is 0.253 e. The molecule has 2 heterocycles. The van der Waals surface area contributed by atoms with Gasteiger partial charge in [-0.2, -0.15) is 0 Å². The van der Waals surface area contributed by atoms with E-state index in [0.29, 0.717) is 36.4 Å². The minimum absolute atomic E-state index is 0.0563. The standard InChI is InChI=1S/C27H38N4O3S/c1-27(25(33)30-26(35-27)29-23-16-19-5-6-20(23)15-19)10-7-18-8-12-31(13-9-18)24(32)21-3-2-4-22(17-21)34-14-11-28/h2-4,17-20,23H,5-16,28H2,1H3,(H,29,30,33)/t19?,20?,23-,27-/m0/s1. The summed E-state index contributed by atoms with van der Waals surface area (Å²) in [6.07, 6.45) is 8.99. The van der Waals surface area contributed by atoms with E-state index in [2.05, 4.69) is 12.2 Å². The Bertz CT molecular complexity index is 977. The van der Waals surface area contributed by atoms with Gasteiger partial charge in [-0.25, -0.2) is 0 Å². The molecule has 2 aliphatic heterocycles. The average Bonchev–Trinajstić information content (AvgIpc) is 3.56. The number of hydrogen-bond acceptors (Lipinski definition) is 6. The first-order valence-electron chi connectivity index (χ1n) is 13.2. The van der Waals surface area contributed by atoms with Crippen LogP contribution in [0.4, 0.5) is 0 Å². The third-order valence-electron chi connectivity index (χ3n) is 8.41. The van der Waals surface area contributed by atoms with Gasteiger partial charge >= 0.3 is 0 Å². The first kappa shape index (κ1) is 24.6. The monoisotopic (exact) mass is 498 g/mol. The summed E-state index contributed by atoms with van der Waals surface area (Å²) in [5.74, 6) is 2.96. The number of fused-ring (bicyclic) bond motifs is 2. The molecule has 4 aliphatic rings. The van der Waals surface area contributed by atoms with E-state index in [1.54, 1.807) is 17.8 Å². The highest BCUT2D eigenvalue weighted by molar-refractivity contribution is 8.16. The SMILES string of the molecule is C[C@@]1(CCC2CCN(C(=O)c3cccc(OCCN)c3)CC2)SC(=N[C@H]2CC3CCC2C3)NC1=O. The fourth-order valence-electron chi connectivity index (χ4n) is 6.24. The lowest BCUT2D eigenvalue weighted by atomic mass is 9.88. The van der Waals surface area contributed by atoms with Gasteiger partial charge in [-0.3, -0.25) is 14.6 Å². The van der Waals surface area contributed by atoms with Crippen molar-refractivity contribution in [3.05, 3.63) is 29.8 Å². The number of amides is 2. The summed E-state index contributed by atoms with van der Waals surface area (Å²) in [7, 11) is 0. The summed E-state index contributed by atoms with van der Waals surface area (Å²) in [5.41, 5.74) is 6.17. The Hall–Kier alpha value is -2.06. The topological polar surface area (TPSA) is 97.0 Å². The molecule has 3 N–H and O–H groups in total. The fraction of sp³-hybridized carbons (Fsp3) is 0.667. The van der Waals surface area contributed by atoms with E-state index >= 15 is 0 Å². The van der Waals surface area contributed by atoms with Crippen LogP contribution < -0.4 is 15.8 Å². The van der Waals surface area contributed by atoms with E-state index in [1.807, 2.05) is 23.1 Å². The van der Waals surface area contributed by atoms with Crippen LogP contribution in [0.3, 0.4) is 0 Å². The molecule has 2 saturated heterocycles. The van der Waals surface area contributed by atoms with Crippen LogP contribution in [-0.2, 0) is 4.79 Å². The number of thioether (sulfide) groups is 1. The molecule has 190 valence electrons. The molecule has 5 rings (SSSR count). The van der Waals surface area contributed by atoms with E-state index in [4.69, 9.17) is 15.5 Å². The van der Waals surface area contributed by atoms with Gasteiger partial charge in [0, 0.05) is 25.2 Å². The zero-order valence-corrected chi connectivity index (χ0v) is 21.5. The van der Waals surface area contributed by atoms with E-state index in [9.17, 15) is 9.59 Å². The van der Waals surface area contributed by atoms with Crippen molar-refractivity contribution in [2.75, 3.05) is 26.2 Å². The molecular formula is C27H38N4O3S. The number of aliphatic imine (C=N–C) groups is 1. The molecule has 35 heavy (non-hydrogen) atoms. The van der Waals surface area contributed by atoms with E-state index in [1.165, 1.54) is 25.7 Å². The van der Waals surface area contributed by atoms with Crippen LogP contribution in [0.2, 0.25) is 0 Å². The van der Waals surface area contributed by atoms with Gasteiger partial charge < -0.3 is 20.7 Å². The number of nitrogens with zero attached hydrogens (tertiary/aromatic N) is 2. The number of rotatable bonds is 8. The Morgan fingerprint density at radius 3 is 2.80 bits per heavy atom. The molecule has 0 radical (unpaired) electrons. The predicted molar refractivity (Wildman–Crippen MR) is 140 cm³/mol. The maximum absolute atomic E-state index is 13.0. The number of ether oxygens (including phenoxy) is 1. The highest BCUT2D eigenvalue weighted by Crippen LogP contribution is 2.47. The molecule has 1 aromatic rings. The molecule has 4 fully saturated rings. The van der Waals surface area contributed by atoms with Crippen LogP contribution in [0.5, 0.6) is 5.75 Å². The van der Waals surface area contributed by atoms with E-state index in [-0.39, 0.29) is 11.8 Å². The zero-order valence-electron chi connectivity index (χ0n) is 20.7. The van der Waals surface area contributed by atoms with Crippen molar-refractivity contribution in [2.45, 2.75) is 69.1 Å². The van der Waals surface area contributed by atoms with Crippen LogP contribution in [0.25, 0.3) is 0 Å². The van der Waals surface area contributed by atoms with Crippen LogP contribution >= 0.6 is 11.8 Å². The largest absolute Gasteiger partial charge is 0.492 e. The summed E-state index contributed by atoms with van der Waals surface area (Å²) >= 11 is 1.64. The Labute approximate surface area is 212 Å². The lowest BCUT2D eigenvalue weighted by Gasteiger charge is -2.33. The minimum atomic E-state index is -0.437. The number of carbonyl (C=O) groups is 2. The lowest BCUT2D eigenvalue weighted by Crippen LogP contribution is -2.39. The second kappa shape index (κ2) is 10.5. The molecule has 0 spiro atoms. The highest BCUT2D eigenvalue weighted by Gasteiger charge is 2.45. The molecular weight excluding hydrogens is 460 g/mol. The average molecular weight is 499 g/mol. The smallest absolute Gasteiger partial charge is 0.253 e. The van der Waals surface area contributed by atoms with Crippen molar-refractivity contribution < 1.29 is 14.3 Å². The number of likely N-dealkylation sites (tertiary alicyclic amines) is 1. The molecule has 4 atom stereocenters. The Balaban J connectivity index is 1.09. The van der Waals surface area contributed by atoms with Gasteiger partial charge in [0.1, 0.15) is 12.4 Å². The van der Waals surface area contributed by atoms with Gasteiger partial charge in [0.05, 0.1) is 10.8 Å². The van der Waals surface area contributed by atoms with Crippen molar-refractivity contribution in [1.29, 1.82) is 0 Å². The van der Waals surface area contributed by atoms with Gasteiger partial charge in [0.25, 0.3) is 5.91 Å². The number of nitrogens with two attached hydrogens (primary N) is 1. The van der Waals surface area contributed by atoms with Crippen LogP contribution in [0, 0.1) is 17.8 Å². The minimum Gasteiger partial charge on any atom is -0.492 e. The third-order valence-corrected chi connectivity index (χ3v) is 9.65. The number of piperidine rings is 1. The van der Waals surface area contributed by atoms with Crippen LogP contribution in [0.15, 0.2) is 29.3 Å². The maximum atomic E-state index is 13.0. The number of benzene rings is 1. The molecule has 2 aliphatic carbocycles. The number of nitrogens with one attached hydrogen (secondary N) is 1. The van der Waals surface area contributed by atoms with E-state index < -0.39 is 4.75 Å². The molecule has 2 unspecified atom stereocenters. The van der Waals surface area contributed by atoms with Crippen molar-refractivity contribution in [1.82, 2.24) is 10.2 Å². The summed E-state index contributed by atoms with van der Waals surface area (Å²) in [5, 5.41) is 3.92. The summed E-state index contributed by atoms with van der Waals surface area (Å²) in [4.78, 5) is 32.7. The van der Waals surface area contributed by atoms with Crippen molar-refractivity contribution >= 4 is 28.7 Å². The second-order valence-electron chi connectivity index (χ2n) is 10.9. The summed E-state index contributed by atoms with van der Waals surface area (Å²) in [6, 6.07) is 7.76. The third kappa shape index (κ3) is 5.53. The molecule has 2 bridgehead atoms. The Morgan fingerprint density at radius 1 is 1.26 bits per heavy atom. The van der Waals surface area contributed by atoms with Gasteiger partial charge in [-0.1, -0.05) is 24.2 Å². The van der Waals surface area contributed by atoms with Gasteiger partial charge in [-0.15, -0.1) is 0 Å². The van der Waals surface area contributed by atoms with Crippen LogP contribution in [0.1, 0.15) is 68.6 Å². The molecule has 2 amide bonds. The van der Waals surface area contributed by atoms with Crippen LogP contribution in [-0.4, -0.2) is 58.9 Å². The number of amidine groups is 1. The Kier molecular flexibility index (Phi) is 7.39. The van der Waals surface area contributed by atoms with Crippen molar-refractivity contribution in [2.24, 2.45) is 28.5 Å². The normalized spacial score (nSPS) is 31.8. The quantitative estimate of drug-likeness (QED) is 0.568. The molecule has 2 saturated carbocycles. The first-order valence-corrected chi connectivity index (χ1v) is 14.1. The molecule has 0 aromatic heterocycles. The fourth-order valence-corrected chi connectivity index (χ4v) is 7.36. The summed E-state index contributed by atoms with van der Waals surface area (Å²) in [6.45, 7) is 4.46. The number of carbonyl (C=O) groups excluding carboxylic acids is 2. The Morgan fingerprint density at radius 2 is 2.09 bits per heavy atom. The van der Waals surface area contributed by atoms with Gasteiger partial charge in [0.15, 0.2) is 5.17 Å². The van der Waals surface area contributed by atoms with E-state index in [0.717, 1.165) is 55.8 Å². The van der Waals surface area contributed by atoms with Crippen molar-refractivity contribution in [3.8, 4) is 5.75 Å².